The van der Waals surface area contributed by atoms with E-state index in [1.165, 1.54) is 37.1 Å². The van der Waals surface area contributed by atoms with Crippen LogP contribution in [0, 0.1) is 13.8 Å². The summed E-state index contributed by atoms with van der Waals surface area (Å²) in [6, 6.07) is 9.19. The number of nitrogens with zero attached hydrogens (tertiary/aromatic N) is 3. The normalized spacial score (nSPS) is 10.7. The van der Waals surface area contributed by atoms with Crippen LogP contribution in [0.2, 0.25) is 5.02 Å². The number of rotatable bonds is 10. The molecule has 10 heteroatoms. The third-order valence-corrected chi connectivity index (χ3v) is 6.30. The fourth-order valence-electron chi connectivity index (χ4n) is 3.08. The monoisotopic (exact) mass is 490 g/mol. The molecule has 1 aromatic heterocycles. The molecular weight excluding hydrogens is 464 g/mol. The van der Waals surface area contributed by atoms with Crippen LogP contribution in [0.4, 0.5) is 5.69 Å². The second-order valence-electron chi connectivity index (χ2n) is 7.20. The molecule has 0 atom stereocenters. The van der Waals surface area contributed by atoms with E-state index in [0.717, 1.165) is 5.75 Å². The van der Waals surface area contributed by atoms with Gasteiger partial charge in [-0.2, -0.15) is 0 Å². The number of nitrogens with one attached hydrogen (secondary N) is 1. The van der Waals surface area contributed by atoms with Gasteiger partial charge in [-0.25, -0.2) is 0 Å². The Bertz CT molecular complexity index is 1140. The van der Waals surface area contributed by atoms with Crippen molar-refractivity contribution in [1.82, 2.24) is 14.8 Å². The minimum atomic E-state index is -0.221. The number of methoxy groups -OCH3 is 2. The van der Waals surface area contributed by atoms with E-state index in [2.05, 4.69) is 22.4 Å². The van der Waals surface area contributed by atoms with E-state index in [4.69, 9.17) is 25.8 Å². The van der Waals surface area contributed by atoms with Gasteiger partial charge in [-0.1, -0.05) is 29.4 Å². The number of halogens is 1. The summed E-state index contributed by atoms with van der Waals surface area (Å²) in [6.45, 7) is 7.05. The molecular formula is C23H27ClN4O4S. The number of carbonyl (C=O) groups excluding carboxylic acids is 1. The molecule has 0 saturated heterocycles. The van der Waals surface area contributed by atoms with Gasteiger partial charge < -0.3 is 24.1 Å². The van der Waals surface area contributed by atoms with Crippen LogP contribution in [0.15, 0.2) is 35.5 Å². The zero-order chi connectivity index (χ0) is 24.0. The highest BCUT2D eigenvalue weighted by atomic mass is 35.5. The van der Waals surface area contributed by atoms with Crippen molar-refractivity contribution in [3.8, 4) is 17.2 Å². The standard InChI is InChI=1S/C23H27ClN4O4S/c1-6-28-21(12-32-16-8-7-14(2)15(3)9-16)26-27-23(28)33-13-22(29)25-18-11-19(30-4)17(24)10-20(18)31-5/h7-11H,6,12-13H2,1-5H3,(H,25,29). The second-order valence-corrected chi connectivity index (χ2v) is 8.55. The molecule has 1 heterocycles. The van der Waals surface area contributed by atoms with Gasteiger partial charge in [0, 0.05) is 18.7 Å². The largest absolute Gasteiger partial charge is 0.495 e. The van der Waals surface area contributed by atoms with E-state index in [1.54, 1.807) is 12.1 Å². The highest BCUT2D eigenvalue weighted by molar-refractivity contribution is 7.99. The number of aromatic nitrogens is 3. The molecule has 3 aromatic rings. The summed E-state index contributed by atoms with van der Waals surface area (Å²) < 4.78 is 18.4. The molecule has 0 unspecified atom stereocenters. The summed E-state index contributed by atoms with van der Waals surface area (Å²) in [5.41, 5.74) is 2.86. The van der Waals surface area contributed by atoms with Crippen molar-refractivity contribution >= 4 is 35.0 Å². The average molecular weight is 491 g/mol. The van der Waals surface area contributed by atoms with Gasteiger partial charge >= 0.3 is 0 Å². The van der Waals surface area contributed by atoms with Gasteiger partial charge in [-0.3, -0.25) is 4.79 Å². The predicted octanol–water partition coefficient (Wildman–Crippen LogP) is 4.90. The van der Waals surface area contributed by atoms with Gasteiger partial charge in [0.25, 0.3) is 0 Å². The minimum absolute atomic E-state index is 0.143. The summed E-state index contributed by atoms with van der Waals surface area (Å²) in [4.78, 5) is 12.6. The molecule has 3 rings (SSSR count). The number of ether oxygens (including phenoxy) is 3. The van der Waals surface area contributed by atoms with Crippen molar-refractivity contribution in [1.29, 1.82) is 0 Å². The van der Waals surface area contributed by atoms with Crippen LogP contribution in [0.3, 0.4) is 0 Å². The highest BCUT2D eigenvalue weighted by Crippen LogP contribution is 2.36. The van der Waals surface area contributed by atoms with Crippen molar-refractivity contribution in [2.75, 3.05) is 25.3 Å². The number of benzene rings is 2. The van der Waals surface area contributed by atoms with E-state index >= 15 is 0 Å². The van der Waals surface area contributed by atoms with Gasteiger partial charge in [0.2, 0.25) is 5.91 Å². The maximum absolute atomic E-state index is 12.6. The number of anilines is 1. The van der Waals surface area contributed by atoms with Gasteiger partial charge in [0.15, 0.2) is 11.0 Å². The number of thioether (sulfide) groups is 1. The summed E-state index contributed by atoms with van der Waals surface area (Å²) in [7, 11) is 3.02. The molecule has 0 aliphatic carbocycles. The molecule has 0 aliphatic rings. The molecule has 0 fully saturated rings. The molecule has 176 valence electrons. The van der Waals surface area contributed by atoms with Crippen LogP contribution in [0.25, 0.3) is 0 Å². The maximum Gasteiger partial charge on any atom is 0.234 e. The Balaban J connectivity index is 1.63. The smallest absolute Gasteiger partial charge is 0.234 e. The van der Waals surface area contributed by atoms with Crippen molar-refractivity contribution in [3.63, 3.8) is 0 Å². The predicted molar refractivity (Wildman–Crippen MR) is 130 cm³/mol. The lowest BCUT2D eigenvalue weighted by atomic mass is 10.1. The Morgan fingerprint density at radius 2 is 1.85 bits per heavy atom. The van der Waals surface area contributed by atoms with Crippen LogP contribution in [-0.4, -0.2) is 40.6 Å². The highest BCUT2D eigenvalue weighted by Gasteiger charge is 2.16. The topological polar surface area (TPSA) is 87.5 Å². The minimum Gasteiger partial charge on any atom is -0.495 e. The number of aryl methyl sites for hydroxylation is 2. The first kappa shape index (κ1) is 24.7. The van der Waals surface area contributed by atoms with Gasteiger partial charge in [0.05, 0.1) is 30.7 Å². The van der Waals surface area contributed by atoms with E-state index < -0.39 is 0 Å². The van der Waals surface area contributed by atoms with Gasteiger partial charge in [0.1, 0.15) is 23.9 Å². The third kappa shape index (κ3) is 6.11. The van der Waals surface area contributed by atoms with Crippen molar-refractivity contribution in [3.05, 3.63) is 52.3 Å². The van der Waals surface area contributed by atoms with Crippen molar-refractivity contribution < 1.29 is 19.0 Å². The SMILES string of the molecule is CCn1c(COc2ccc(C)c(C)c2)nnc1SCC(=O)Nc1cc(OC)c(Cl)cc1OC. The van der Waals surface area contributed by atoms with E-state index in [9.17, 15) is 4.79 Å². The third-order valence-electron chi connectivity index (χ3n) is 5.04. The fourth-order valence-corrected chi connectivity index (χ4v) is 4.13. The summed E-state index contributed by atoms with van der Waals surface area (Å²) >= 11 is 7.42. The van der Waals surface area contributed by atoms with Crippen LogP contribution in [0.1, 0.15) is 23.9 Å². The molecule has 0 aliphatic heterocycles. The first-order chi connectivity index (χ1) is 15.9. The van der Waals surface area contributed by atoms with Crippen molar-refractivity contribution in [2.45, 2.75) is 39.1 Å². The average Bonchev–Trinajstić information content (AvgIpc) is 3.21. The summed E-state index contributed by atoms with van der Waals surface area (Å²) in [5.74, 6) is 2.29. The first-order valence-electron chi connectivity index (χ1n) is 10.3. The number of amides is 1. The molecule has 0 spiro atoms. The van der Waals surface area contributed by atoms with E-state index in [0.29, 0.717) is 39.7 Å². The molecule has 0 saturated carbocycles. The molecule has 0 bridgehead atoms. The lowest BCUT2D eigenvalue weighted by Crippen LogP contribution is -2.15. The van der Waals surface area contributed by atoms with Crippen molar-refractivity contribution in [2.24, 2.45) is 0 Å². The molecule has 8 nitrogen and oxygen atoms in total. The van der Waals surface area contributed by atoms with Crippen LogP contribution in [0.5, 0.6) is 17.2 Å². The van der Waals surface area contributed by atoms with E-state index in [1.807, 2.05) is 36.6 Å². The summed E-state index contributed by atoms with van der Waals surface area (Å²) in [5, 5.41) is 12.4. The molecule has 0 radical (unpaired) electrons. The van der Waals surface area contributed by atoms with Gasteiger partial charge in [-0.05, 0) is 44.0 Å². The van der Waals surface area contributed by atoms with E-state index in [-0.39, 0.29) is 18.3 Å². The van der Waals surface area contributed by atoms with Crippen LogP contribution >= 0.6 is 23.4 Å². The first-order valence-corrected chi connectivity index (χ1v) is 11.7. The quantitative estimate of drug-likeness (QED) is 0.404. The van der Waals surface area contributed by atoms with Crippen LogP contribution in [-0.2, 0) is 17.9 Å². The number of carbonyl (C=O) groups is 1. The molecule has 1 N–H and O–H groups in total. The Morgan fingerprint density at radius 3 is 2.52 bits per heavy atom. The molecule has 33 heavy (non-hydrogen) atoms. The Morgan fingerprint density at radius 1 is 1.09 bits per heavy atom. The Hall–Kier alpha value is -2.91. The molecule has 1 amide bonds. The second kappa shape index (κ2) is 11.3. The number of hydrogen-bond donors (Lipinski definition) is 1. The zero-order valence-electron chi connectivity index (χ0n) is 19.3. The Kier molecular flexibility index (Phi) is 8.46. The zero-order valence-corrected chi connectivity index (χ0v) is 20.8. The van der Waals surface area contributed by atoms with Gasteiger partial charge in [-0.15, -0.1) is 10.2 Å². The fraction of sp³-hybridized carbons (Fsp3) is 0.348. The Labute approximate surface area is 202 Å². The lowest BCUT2D eigenvalue weighted by Gasteiger charge is -2.13. The van der Waals surface area contributed by atoms with Crippen LogP contribution < -0.4 is 19.5 Å². The maximum atomic E-state index is 12.6. The summed E-state index contributed by atoms with van der Waals surface area (Å²) in [6.07, 6.45) is 0. The molecule has 2 aromatic carbocycles. The number of hydrogen-bond acceptors (Lipinski definition) is 7. The lowest BCUT2D eigenvalue weighted by molar-refractivity contribution is -0.113.